The highest BCUT2D eigenvalue weighted by Gasteiger charge is 2.20. The molecule has 1 saturated heterocycles. The van der Waals surface area contributed by atoms with Crippen LogP contribution in [0.2, 0.25) is 0 Å². The van der Waals surface area contributed by atoms with Crippen molar-refractivity contribution < 1.29 is 34.3 Å². The van der Waals surface area contributed by atoms with Gasteiger partial charge in [-0.15, -0.1) is 0 Å². The van der Waals surface area contributed by atoms with Crippen molar-refractivity contribution in [3.63, 3.8) is 0 Å². The Hall–Kier alpha value is -2.90. The molecule has 1 fully saturated rings. The molecule has 1 aromatic rings. The molecule has 1 aliphatic carbocycles. The molecule has 0 radical (unpaired) electrons. The van der Waals surface area contributed by atoms with Crippen LogP contribution in [0.5, 0.6) is 5.75 Å². The Labute approximate surface area is 313 Å². The molecule has 1 aliphatic heterocycles. The lowest BCUT2D eigenvalue weighted by Crippen LogP contribution is -2.45. The maximum Gasteiger partial charge on any atom is 0.230 e. The zero-order chi connectivity index (χ0) is 36.8. The summed E-state index contributed by atoms with van der Waals surface area (Å²) >= 11 is 3.57. The zero-order valence-electron chi connectivity index (χ0n) is 29.2. The topological polar surface area (TPSA) is 221 Å². The molecule has 2 amide bonds. The number of aliphatic hydroxyl groups excluding tert-OH is 1. The van der Waals surface area contributed by atoms with Crippen LogP contribution in [0, 0.1) is 16.7 Å². The molecule has 3 rings (SSSR count). The number of nitrogens with one attached hydrogen (secondary N) is 5. The number of allylic oxidation sites excluding steroid dienone is 2. The molecule has 0 spiro atoms. The molecule has 2 unspecified atom stereocenters. The molecule has 2 aliphatic rings. The molecule has 51 heavy (non-hydrogen) atoms. The summed E-state index contributed by atoms with van der Waals surface area (Å²) < 4.78 is 17.0. The van der Waals surface area contributed by atoms with Gasteiger partial charge in [0.05, 0.1) is 31.3 Å². The molecule has 0 bridgehead atoms. The lowest BCUT2D eigenvalue weighted by atomic mass is 9.90. The smallest absolute Gasteiger partial charge is 0.230 e. The molecule has 1 heterocycles. The number of amidine groups is 1. The minimum Gasteiger partial charge on any atom is -0.493 e. The van der Waals surface area contributed by atoms with Gasteiger partial charge >= 0.3 is 0 Å². The molecular weight excluding hydrogens is 713 g/mol. The van der Waals surface area contributed by atoms with Crippen molar-refractivity contribution in [2.24, 2.45) is 11.7 Å². The molecule has 10 N–H and O–H groups in total. The third kappa shape index (κ3) is 18.4. The van der Waals surface area contributed by atoms with Crippen LogP contribution in [-0.4, -0.2) is 120 Å². The Morgan fingerprint density at radius 3 is 2.75 bits per heavy atom. The van der Waals surface area contributed by atoms with Crippen molar-refractivity contribution in [1.82, 2.24) is 20.9 Å². The van der Waals surface area contributed by atoms with Gasteiger partial charge in [-0.2, -0.15) is 11.8 Å². The average Bonchev–Trinajstić information content (AvgIpc) is 3.08. The second-order valence-electron chi connectivity index (χ2n) is 11.9. The monoisotopic (exact) mass is 765 g/mol. The molecular formula is C34H53N8O6S3+. The normalized spacial score (nSPS) is 16.7. The molecule has 1 aromatic carbocycles. The number of thioether (sulfide) groups is 3. The molecule has 0 saturated carbocycles. The minimum atomic E-state index is -0.686. The molecule has 282 valence electrons. The number of aliphatic hydroxyl groups is 1. The molecule has 0 aromatic heterocycles. The average molecular weight is 766 g/mol. The van der Waals surface area contributed by atoms with Gasteiger partial charge in [-0.05, 0) is 65.7 Å². The Kier molecular flexibility index (Phi) is 20.3. The summed E-state index contributed by atoms with van der Waals surface area (Å²) in [4.78, 5) is 27.6. The van der Waals surface area contributed by atoms with Crippen molar-refractivity contribution in [3.8, 4) is 5.75 Å². The summed E-state index contributed by atoms with van der Waals surface area (Å²) in [6.45, 7) is 8.46. The van der Waals surface area contributed by atoms with E-state index in [1.807, 2.05) is 12.1 Å². The molecule has 14 nitrogen and oxygen atoms in total. The van der Waals surface area contributed by atoms with E-state index in [0.717, 1.165) is 67.9 Å². The summed E-state index contributed by atoms with van der Waals surface area (Å²) in [6.07, 6.45) is 5.69. The van der Waals surface area contributed by atoms with Gasteiger partial charge in [0.15, 0.2) is 5.17 Å². The van der Waals surface area contributed by atoms with E-state index >= 15 is 0 Å². The van der Waals surface area contributed by atoms with E-state index < -0.39 is 5.50 Å². The highest BCUT2D eigenvalue weighted by molar-refractivity contribution is 8.27. The maximum atomic E-state index is 12.8. The van der Waals surface area contributed by atoms with E-state index in [1.165, 1.54) is 23.5 Å². The van der Waals surface area contributed by atoms with Crippen LogP contribution in [0.15, 0.2) is 47.7 Å². The quantitative estimate of drug-likeness (QED) is 0.0379. The highest BCUT2D eigenvalue weighted by Crippen LogP contribution is 2.27. The SMILES string of the molecule is CC1CC=C(OCCN2CCOCC2)C=C1CC(=O)NC(N)SC(=[NH2+])CCSCC(=N)SC(=N)NC(=O)Cc1cccc(OCCNCCO)c1. The summed E-state index contributed by atoms with van der Waals surface area (Å²) in [5, 5.41) is 40.3. The highest BCUT2D eigenvalue weighted by atomic mass is 32.2. The van der Waals surface area contributed by atoms with Crippen LogP contribution in [-0.2, 0) is 25.5 Å². The second kappa shape index (κ2) is 24.4. The van der Waals surface area contributed by atoms with Gasteiger partial charge in [0.1, 0.15) is 30.2 Å². The third-order valence-electron chi connectivity index (χ3n) is 7.66. The van der Waals surface area contributed by atoms with Crippen LogP contribution in [0.4, 0.5) is 0 Å². The molecule has 17 heteroatoms. The van der Waals surface area contributed by atoms with E-state index in [-0.39, 0.29) is 47.4 Å². The van der Waals surface area contributed by atoms with Crippen molar-refractivity contribution in [3.05, 3.63) is 53.3 Å². The number of carbonyl (C=O) groups excluding carboxylic acids is 2. The first kappa shape index (κ1) is 42.5. The summed E-state index contributed by atoms with van der Waals surface area (Å²) in [7, 11) is 0. The van der Waals surface area contributed by atoms with E-state index in [4.69, 9.17) is 41.3 Å². The minimum absolute atomic E-state index is 0.0646. The van der Waals surface area contributed by atoms with Crippen molar-refractivity contribution >= 4 is 62.4 Å². The molecule has 2 atom stereocenters. The van der Waals surface area contributed by atoms with Crippen LogP contribution >= 0.6 is 35.3 Å². The lowest BCUT2D eigenvalue weighted by Gasteiger charge is -2.27. The van der Waals surface area contributed by atoms with Crippen molar-refractivity contribution in [1.29, 1.82) is 10.8 Å². The van der Waals surface area contributed by atoms with Crippen LogP contribution in [0.25, 0.3) is 0 Å². The lowest BCUT2D eigenvalue weighted by molar-refractivity contribution is -0.121. The predicted molar refractivity (Wildman–Crippen MR) is 207 cm³/mol. The second-order valence-corrected chi connectivity index (χ2v) is 15.3. The number of hydrogen-bond acceptors (Lipinski definition) is 14. The fourth-order valence-corrected chi connectivity index (χ4v) is 7.44. The fourth-order valence-electron chi connectivity index (χ4n) is 4.98. The largest absolute Gasteiger partial charge is 0.493 e. The number of ether oxygens (including phenoxy) is 3. The zero-order valence-corrected chi connectivity index (χ0v) is 31.7. The number of benzene rings is 1. The van der Waals surface area contributed by atoms with E-state index in [0.29, 0.717) is 55.0 Å². The number of nitrogens with two attached hydrogens (primary N) is 2. The van der Waals surface area contributed by atoms with Crippen LogP contribution < -0.4 is 31.8 Å². The Balaban J connectivity index is 1.25. The number of rotatable bonds is 21. The third-order valence-corrected chi connectivity index (χ3v) is 10.4. The number of carbonyl (C=O) groups is 2. The summed E-state index contributed by atoms with van der Waals surface area (Å²) in [5.74, 6) is 2.13. The fraction of sp³-hybridized carbons (Fsp3) is 0.559. The first-order valence-electron chi connectivity index (χ1n) is 17.0. The Morgan fingerprint density at radius 1 is 1.16 bits per heavy atom. The number of amides is 2. The first-order valence-corrected chi connectivity index (χ1v) is 19.9. The van der Waals surface area contributed by atoms with E-state index in [2.05, 4.69) is 33.9 Å². The van der Waals surface area contributed by atoms with Gasteiger partial charge in [0.2, 0.25) is 16.9 Å². The number of hydrogen-bond donors (Lipinski definition) is 8. The Bertz CT molecular complexity index is 1380. The van der Waals surface area contributed by atoms with Gasteiger partial charge in [-0.3, -0.25) is 30.7 Å². The van der Waals surface area contributed by atoms with E-state index in [9.17, 15) is 9.59 Å². The van der Waals surface area contributed by atoms with Crippen LogP contribution in [0.3, 0.4) is 0 Å². The standard InChI is InChI=1S/C34H52N8O6S3/c1-24-5-6-28(48-17-12-42-10-15-46-16-11-42)21-26(24)22-32(45)41-33(37)50-29(35)7-18-49-23-30(36)51-34(38)40-31(44)20-25-3-2-4-27(19-25)47-14-9-39-8-13-43/h2-4,6,19,21,24,33,35-36,39,43H,5,7-18,20,22-23,37H2,1H3,(H,41,45)(H2,38,40,44)/p+1. The van der Waals surface area contributed by atoms with Crippen LogP contribution in [0.1, 0.15) is 31.7 Å². The van der Waals surface area contributed by atoms with E-state index in [1.54, 1.807) is 18.2 Å². The van der Waals surface area contributed by atoms with Gasteiger partial charge in [0.25, 0.3) is 0 Å². The summed E-state index contributed by atoms with van der Waals surface area (Å²) in [5.41, 5.74) is 7.22. The van der Waals surface area contributed by atoms with Gasteiger partial charge < -0.3 is 41.0 Å². The van der Waals surface area contributed by atoms with Crippen molar-refractivity contribution in [2.75, 3.05) is 77.3 Å². The van der Waals surface area contributed by atoms with Gasteiger partial charge in [-0.25, -0.2) is 0 Å². The summed E-state index contributed by atoms with van der Waals surface area (Å²) in [6, 6.07) is 7.18. The maximum absolute atomic E-state index is 12.8. The van der Waals surface area contributed by atoms with Crippen molar-refractivity contribution in [2.45, 2.75) is 38.1 Å². The number of morpholine rings is 1. The predicted octanol–water partition coefficient (Wildman–Crippen LogP) is 0.913. The first-order chi connectivity index (χ1) is 24.6. The Morgan fingerprint density at radius 2 is 1.96 bits per heavy atom. The number of nitrogens with zero attached hydrogens (tertiary/aromatic N) is 1. The van der Waals surface area contributed by atoms with Gasteiger partial charge in [-0.1, -0.05) is 24.6 Å². The van der Waals surface area contributed by atoms with Gasteiger partial charge in [0, 0.05) is 57.1 Å².